The number of hydrogen-bond donors (Lipinski definition) is 1. The van der Waals surface area contributed by atoms with Crippen LogP contribution in [-0.4, -0.2) is 43.8 Å². The smallest absolute Gasteiger partial charge is 0.349 e. The molecule has 0 radical (unpaired) electrons. The minimum Gasteiger partial charge on any atom is -0.349 e. The van der Waals surface area contributed by atoms with Crippen molar-refractivity contribution in [3.05, 3.63) is 22.4 Å². The van der Waals surface area contributed by atoms with Gasteiger partial charge in [-0.05, 0) is 25.5 Å². The number of hydrogen-bond acceptors (Lipinski definition) is 3. The van der Waals surface area contributed by atoms with Gasteiger partial charge in [-0.3, -0.25) is 4.79 Å². The molecule has 3 nitrogen and oxygen atoms in total. The minimum absolute atomic E-state index is 0.158. The molecule has 19 heavy (non-hydrogen) atoms. The summed E-state index contributed by atoms with van der Waals surface area (Å²) in [6.07, 6.45) is -4.01. The van der Waals surface area contributed by atoms with E-state index < -0.39 is 18.3 Å². The van der Waals surface area contributed by atoms with Crippen LogP contribution >= 0.6 is 11.3 Å². The zero-order valence-electron chi connectivity index (χ0n) is 10.4. The van der Waals surface area contributed by atoms with Gasteiger partial charge in [0.05, 0.1) is 6.04 Å². The summed E-state index contributed by atoms with van der Waals surface area (Å²) in [5.41, 5.74) is 0. The molecule has 0 aliphatic heterocycles. The highest BCUT2D eigenvalue weighted by Gasteiger charge is 2.48. The van der Waals surface area contributed by atoms with Gasteiger partial charge in [-0.1, -0.05) is 6.07 Å². The van der Waals surface area contributed by atoms with Crippen molar-refractivity contribution in [1.29, 1.82) is 0 Å². The van der Waals surface area contributed by atoms with Crippen LogP contribution in [0.3, 0.4) is 0 Å². The maximum atomic E-state index is 12.8. The minimum atomic E-state index is -4.66. The average molecular weight is 298 g/mol. The zero-order valence-corrected chi connectivity index (χ0v) is 11.2. The lowest BCUT2D eigenvalue weighted by atomic mass is 10.2. The van der Waals surface area contributed by atoms with Crippen LogP contribution in [0.1, 0.15) is 10.9 Å². The highest BCUT2D eigenvalue weighted by atomic mass is 32.1. The van der Waals surface area contributed by atoms with Crippen LogP contribution in [0.2, 0.25) is 0 Å². The third-order valence-electron chi connectivity index (χ3n) is 2.53. The van der Waals surface area contributed by atoms with Crippen LogP contribution in [0.5, 0.6) is 0 Å². The predicted octanol–water partition coefficient (Wildman–Crippen LogP) is 2.37. The summed E-state index contributed by atoms with van der Waals surface area (Å²) in [4.78, 5) is 13.6. The lowest BCUT2D eigenvalue weighted by Gasteiger charge is -2.24. The maximum absolute atomic E-state index is 12.8. The Morgan fingerprint density at radius 3 is 2.53 bits per heavy atom. The van der Waals surface area contributed by atoms with Crippen molar-refractivity contribution >= 4 is 17.2 Å². The van der Waals surface area contributed by atoms with E-state index in [4.69, 9.17) is 0 Å². The second-order valence-electron chi connectivity index (χ2n) is 4.13. The van der Waals surface area contributed by atoms with E-state index in [0.717, 1.165) is 4.88 Å². The molecule has 1 amide bonds. The van der Waals surface area contributed by atoms with E-state index in [2.05, 4.69) is 0 Å². The van der Waals surface area contributed by atoms with Crippen molar-refractivity contribution < 1.29 is 22.4 Å². The number of alkyl halides is 4. The van der Waals surface area contributed by atoms with Crippen LogP contribution in [0.15, 0.2) is 17.5 Å². The lowest BCUT2D eigenvalue weighted by Crippen LogP contribution is -2.47. The molecule has 0 aromatic carbocycles. The fraction of sp³-hybridized carbons (Fsp3) is 0.545. The molecule has 8 heteroatoms. The van der Waals surface area contributed by atoms with E-state index in [0.29, 0.717) is 0 Å². The van der Waals surface area contributed by atoms with Crippen molar-refractivity contribution in [3.63, 3.8) is 0 Å². The van der Waals surface area contributed by atoms with E-state index in [1.54, 1.807) is 36.5 Å². The number of carbonyl (C=O) groups excluding carboxylic acids is 1. The number of amides is 1. The quantitative estimate of drug-likeness (QED) is 0.818. The molecule has 0 saturated heterocycles. The number of nitrogens with zero attached hydrogens (tertiary/aromatic N) is 1. The van der Waals surface area contributed by atoms with Crippen molar-refractivity contribution in [2.24, 2.45) is 0 Å². The van der Waals surface area contributed by atoms with Crippen LogP contribution in [-0.2, 0) is 4.79 Å². The lowest BCUT2D eigenvalue weighted by molar-refractivity contribution is -0.169. The van der Waals surface area contributed by atoms with Crippen LogP contribution < -0.4 is 5.32 Å². The molecule has 0 spiro atoms. The molecule has 0 aliphatic rings. The number of rotatable bonds is 6. The summed E-state index contributed by atoms with van der Waals surface area (Å²) < 4.78 is 49.5. The van der Waals surface area contributed by atoms with E-state index >= 15 is 0 Å². The Balaban J connectivity index is 2.66. The van der Waals surface area contributed by atoms with Gasteiger partial charge in [0.25, 0.3) is 5.91 Å². The molecule has 1 N–H and O–H groups in total. The molecule has 0 saturated carbocycles. The van der Waals surface area contributed by atoms with E-state index in [-0.39, 0.29) is 12.6 Å². The van der Waals surface area contributed by atoms with Gasteiger partial charge >= 0.3 is 12.3 Å². The SMILES string of the molecule is CN(C)C(CNC(=O)C(F)(F)C(F)F)c1cccs1. The molecule has 1 aromatic heterocycles. The van der Waals surface area contributed by atoms with Crippen LogP contribution in [0, 0.1) is 0 Å². The summed E-state index contributed by atoms with van der Waals surface area (Å²) in [6, 6.07) is 3.23. The van der Waals surface area contributed by atoms with Crippen LogP contribution in [0.25, 0.3) is 0 Å². The monoisotopic (exact) mass is 298 g/mol. The highest BCUT2D eigenvalue weighted by Crippen LogP contribution is 2.25. The molecule has 1 unspecified atom stereocenters. The van der Waals surface area contributed by atoms with E-state index in [1.165, 1.54) is 11.3 Å². The predicted molar refractivity (Wildman–Crippen MR) is 64.7 cm³/mol. The van der Waals surface area contributed by atoms with Gasteiger partial charge in [0.1, 0.15) is 0 Å². The number of nitrogens with one attached hydrogen (secondary N) is 1. The van der Waals surface area contributed by atoms with Crippen molar-refractivity contribution in [3.8, 4) is 0 Å². The van der Waals surface area contributed by atoms with Crippen molar-refractivity contribution in [2.75, 3.05) is 20.6 Å². The molecule has 1 rings (SSSR count). The summed E-state index contributed by atoms with van der Waals surface area (Å²) >= 11 is 1.40. The second-order valence-corrected chi connectivity index (χ2v) is 5.11. The molecule has 0 bridgehead atoms. The van der Waals surface area contributed by atoms with E-state index in [1.807, 2.05) is 5.32 Å². The fourth-order valence-electron chi connectivity index (χ4n) is 1.42. The Hall–Kier alpha value is -1.15. The molecular formula is C11H14F4N2OS. The Morgan fingerprint density at radius 2 is 2.11 bits per heavy atom. The molecule has 0 fully saturated rings. The average Bonchev–Trinajstić information content (AvgIpc) is 2.81. The summed E-state index contributed by atoms with van der Waals surface area (Å²) in [5, 5.41) is 3.68. The molecule has 1 heterocycles. The third kappa shape index (κ3) is 3.90. The van der Waals surface area contributed by atoms with Gasteiger partial charge in [-0.15, -0.1) is 11.3 Å². The zero-order chi connectivity index (χ0) is 14.6. The molecule has 1 atom stereocenters. The summed E-state index contributed by atoms with van der Waals surface area (Å²) in [7, 11) is 3.42. The standard InChI is InChI=1S/C11H14F4N2OS/c1-17(2)7(8-4-3-5-19-8)6-16-10(18)11(14,15)9(12)13/h3-5,7,9H,6H2,1-2H3,(H,16,18). The number of carbonyl (C=O) groups is 1. The first-order valence-electron chi connectivity index (χ1n) is 5.41. The first-order chi connectivity index (χ1) is 8.76. The van der Waals surface area contributed by atoms with Crippen LogP contribution in [0.4, 0.5) is 17.6 Å². The van der Waals surface area contributed by atoms with Gasteiger partial charge in [0.2, 0.25) is 0 Å². The van der Waals surface area contributed by atoms with Gasteiger partial charge in [0.15, 0.2) is 0 Å². The number of halogens is 4. The number of thiophene rings is 1. The Bertz CT molecular complexity index is 409. The van der Waals surface area contributed by atoms with Gasteiger partial charge in [-0.25, -0.2) is 8.78 Å². The Labute approximate surface area is 112 Å². The summed E-state index contributed by atoms with van der Waals surface area (Å²) in [5.74, 6) is -6.61. The molecular weight excluding hydrogens is 284 g/mol. The van der Waals surface area contributed by atoms with Crippen molar-refractivity contribution in [1.82, 2.24) is 10.2 Å². The molecule has 1 aromatic rings. The van der Waals surface area contributed by atoms with E-state index in [9.17, 15) is 22.4 Å². The first kappa shape index (κ1) is 15.9. The molecule has 0 aliphatic carbocycles. The summed E-state index contributed by atoms with van der Waals surface area (Å²) in [6.45, 7) is -0.158. The highest BCUT2D eigenvalue weighted by molar-refractivity contribution is 7.10. The maximum Gasteiger partial charge on any atom is 0.383 e. The molecule has 108 valence electrons. The van der Waals surface area contributed by atoms with Crippen molar-refractivity contribution in [2.45, 2.75) is 18.4 Å². The fourth-order valence-corrected chi connectivity index (χ4v) is 2.35. The number of likely N-dealkylation sites (N-methyl/N-ethyl adjacent to an activating group) is 1. The largest absolute Gasteiger partial charge is 0.383 e. The third-order valence-corrected chi connectivity index (χ3v) is 3.50. The Kier molecular flexibility index (Phi) is 5.30. The van der Waals surface area contributed by atoms with Gasteiger partial charge in [-0.2, -0.15) is 8.78 Å². The topological polar surface area (TPSA) is 32.3 Å². The normalized spacial score (nSPS) is 13.9. The van der Waals surface area contributed by atoms with Gasteiger partial charge < -0.3 is 10.2 Å². The van der Waals surface area contributed by atoms with Gasteiger partial charge in [0, 0.05) is 11.4 Å². The first-order valence-corrected chi connectivity index (χ1v) is 6.29. The second kappa shape index (κ2) is 6.33. The Morgan fingerprint density at radius 1 is 1.47 bits per heavy atom.